The van der Waals surface area contributed by atoms with E-state index in [1.807, 2.05) is 24.1 Å². The Morgan fingerprint density at radius 3 is 2.63 bits per heavy atom. The summed E-state index contributed by atoms with van der Waals surface area (Å²) in [4.78, 5) is 0. The van der Waals surface area contributed by atoms with Crippen molar-refractivity contribution in [2.45, 2.75) is 38.6 Å². The van der Waals surface area contributed by atoms with Crippen molar-refractivity contribution >= 4 is 5.69 Å². The zero-order valence-electron chi connectivity index (χ0n) is 11.8. The van der Waals surface area contributed by atoms with Crippen molar-refractivity contribution in [3.05, 3.63) is 48.3 Å². The van der Waals surface area contributed by atoms with Crippen molar-refractivity contribution in [1.29, 1.82) is 0 Å². The standard InChI is InChI=1S/C16H23N3/c1-3-4-6-11-16(14-9-7-5-8-10-14)18-15-12-17-19(2)13-15/h5,7-10,12-13,16,18H,3-4,6,11H2,1-2H3. The van der Waals surface area contributed by atoms with E-state index in [4.69, 9.17) is 0 Å². The zero-order valence-corrected chi connectivity index (χ0v) is 11.8. The quantitative estimate of drug-likeness (QED) is 0.755. The lowest BCUT2D eigenvalue weighted by molar-refractivity contribution is 0.606. The van der Waals surface area contributed by atoms with Gasteiger partial charge in [-0.3, -0.25) is 4.68 Å². The van der Waals surface area contributed by atoms with E-state index in [1.165, 1.54) is 24.8 Å². The van der Waals surface area contributed by atoms with Gasteiger partial charge in [0.05, 0.1) is 17.9 Å². The first-order valence-corrected chi connectivity index (χ1v) is 7.09. The number of hydrogen-bond donors (Lipinski definition) is 1. The Morgan fingerprint density at radius 1 is 1.21 bits per heavy atom. The minimum atomic E-state index is 0.372. The fourth-order valence-corrected chi connectivity index (χ4v) is 2.30. The number of anilines is 1. The van der Waals surface area contributed by atoms with Gasteiger partial charge in [0.25, 0.3) is 0 Å². The summed E-state index contributed by atoms with van der Waals surface area (Å²) in [6.07, 6.45) is 8.87. The lowest BCUT2D eigenvalue weighted by atomic mass is 10.0. The first-order valence-electron chi connectivity index (χ1n) is 7.09. The number of unbranched alkanes of at least 4 members (excludes halogenated alkanes) is 2. The molecule has 0 aliphatic carbocycles. The lowest BCUT2D eigenvalue weighted by Crippen LogP contribution is -2.10. The number of benzene rings is 1. The van der Waals surface area contributed by atoms with Crippen molar-refractivity contribution in [3.8, 4) is 0 Å². The Kier molecular flexibility index (Phi) is 5.01. The van der Waals surface area contributed by atoms with Gasteiger partial charge in [-0.15, -0.1) is 0 Å². The minimum Gasteiger partial charge on any atom is -0.376 e. The molecule has 1 N–H and O–H groups in total. The van der Waals surface area contributed by atoms with Gasteiger partial charge in [-0.25, -0.2) is 0 Å². The van der Waals surface area contributed by atoms with Gasteiger partial charge in [-0.1, -0.05) is 56.5 Å². The molecule has 1 heterocycles. The summed E-state index contributed by atoms with van der Waals surface area (Å²) in [5.74, 6) is 0. The summed E-state index contributed by atoms with van der Waals surface area (Å²) >= 11 is 0. The number of aryl methyl sites for hydroxylation is 1. The molecular formula is C16H23N3. The molecule has 0 bridgehead atoms. The molecule has 19 heavy (non-hydrogen) atoms. The number of hydrogen-bond acceptors (Lipinski definition) is 2. The molecular weight excluding hydrogens is 234 g/mol. The normalized spacial score (nSPS) is 12.3. The maximum absolute atomic E-state index is 4.21. The SMILES string of the molecule is CCCCCC(Nc1cnn(C)c1)c1ccccc1. The third kappa shape index (κ3) is 4.12. The highest BCUT2D eigenvalue weighted by Crippen LogP contribution is 2.24. The van der Waals surface area contributed by atoms with E-state index >= 15 is 0 Å². The maximum atomic E-state index is 4.21. The highest BCUT2D eigenvalue weighted by Gasteiger charge is 2.11. The van der Waals surface area contributed by atoms with Crippen molar-refractivity contribution in [1.82, 2.24) is 9.78 Å². The first-order chi connectivity index (χ1) is 9.29. The van der Waals surface area contributed by atoms with Crippen LogP contribution in [0.25, 0.3) is 0 Å². The molecule has 0 radical (unpaired) electrons. The molecule has 1 aromatic carbocycles. The second-order valence-corrected chi connectivity index (χ2v) is 5.01. The van der Waals surface area contributed by atoms with Crippen LogP contribution in [-0.2, 0) is 7.05 Å². The van der Waals surface area contributed by atoms with Crippen LogP contribution in [0.2, 0.25) is 0 Å². The van der Waals surface area contributed by atoms with Crippen molar-refractivity contribution in [2.75, 3.05) is 5.32 Å². The highest BCUT2D eigenvalue weighted by atomic mass is 15.3. The second-order valence-electron chi connectivity index (χ2n) is 5.01. The van der Waals surface area contributed by atoms with Gasteiger partial charge in [0, 0.05) is 13.2 Å². The molecule has 3 heteroatoms. The molecule has 2 rings (SSSR count). The Bertz CT molecular complexity index is 476. The van der Waals surface area contributed by atoms with E-state index in [0.717, 1.165) is 12.1 Å². The molecule has 0 aliphatic rings. The summed E-state index contributed by atoms with van der Waals surface area (Å²) in [5, 5.41) is 7.81. The highest BCUT2D eigenvalue weighted by molar-refractivity contribution is 5.41. The molecule has 0 saturated heterocycles. The van der Waals surface area contributed by atoms with Gasteiger partial charge < -0.3 is 5.32 Å². The van der Waals surface area contributed by atoms with Crippen molar-refractivity contribution < 1.29 is 0 Å². The molecule has 0 fully saturated rings. The molecule has 0 spiro atoms. The van der Waals surface area contributed by atoms with Crippen LogP contribution in [0.4, 0.5) is 5.69 Å². The van der Waals surface area contributed by atoms with Crippen LogP contribution in [0.1, 0.15) is 44.2 Å². The Hall–Kier alpha value is -1.77. The predicted octanol–water partition coefficient (Wildman–Crippen LogP) is 4.15. The van der Waals surface area contributed by atoms with Gasteiger partial charge in [-0.05, 0) is 12.0 Å². The van der Waals surface area contributed by atoms with Crippen molar-refractivity contribution in [2.24, 2.45) is 7.05 Å². The van der Waals surface area contributed by atoms with Gasteiger partial charge in [0.15, 0.2) is 0 Å². The number of nitrogens with zero attached hydrogens (tertiary/aromatic N) is 2. The summed E-state index contributed by atoms with van der Waals surface area (Å²) in [6.45, 7) is 2.24. The van der Waals surface area contributed by atoms with Crippen LogP contribution in [0.5, 0.6) is 0 Å². The Morgan fingerprint density at radius 2 is 2.00 bits per heavy atom. The smallest absolute Gasteiger partial charge is 0.0731 e. The summed E-state index contributed by atoms with van der Waals surface area (Å²) in [6, 6.07) is 11.0. The third-order valence-electron chi connectivity index (χ3n) is 3.34. The molecule has 1 unspecified atom stereocenters. The fourth-order valence-electron chi connectivity index (χ4n) is 2.30. The average Bonchev–Trinajstić information content (AvgIpc) is 2.84. The topological polar surface area (TPSA) is 29.9 Å². The minimum absolute atomic E-state index is 0.372. The van der Waals surface area contributed by atoms with Gasteiger partial charge in [0.1, 0.15) is 0 Å². The van der Waals surface area contributed by atoms with E-state index in [-0.39, 0.29) is 0 Å². The van der Waals surface area contributed by atoms with E-state index in [2.05, 4.69) is 47.7 Å². The van der Waals surface area contributed by atoms with E-state index < -0.39 is 0 Å². The average molecular weight is 257 g/mol. The number of rotatable bonds is 7. The van der Waals surface area contributed by atoms with E-state index in [9.17, 15) is 0 Å². The molecule has 2 aromatic rings. The molecule has 0 saturated carbocycles. The molecule has 1 atom stereocenters. The van der Waals surface area contributed by atoms with E-state index in [0.29, 0.717) is 6.04 Å². The summed E-state index contributed by atoms with van der Waals surface area (Å²) in [5.41, 5.74) is 2.44. The maximum Gasteiger partial charge on any atom is 0.0731 e. The van der Waals surface area contributed by atoms with E-state index in [1.54, 1.807) is 0 Å². The fraction of sp³-hybridized carbons (Fsp3) is 0.438. The molecule has 0 amide bonds. The predicted molar refractivity (Wildman–Crippen MR) is 80.2 cm³/mol. The second kappa shape index (κ2) is 6.98. The van der Waals surface area contributed by atoms with Gasteiger partial charge in [-0.2, -0.15) is 5.10 Å². The molecule has 3 nitrogen and oxygen atoms in total. The summed E-state index contributed by atoms with van der Waals surface area (Å²) in [7, 11) is 1.94. The van der Waals surface area contributed by atoms with Crippen LogP contribution in [-0.4, -0.2) is 9.78 Å². The Labute approximate surface area is 115 Å². The largest absolute Gasteiger partial charge is 0.376 e. The molecule has 0 aliphatic heterocycles. The lowest BCUT2D eigenvalue weighted by Gasteiger charge is -2.19. The Balaban J connectivity index is 2.05. The first kappa shape index (κ1) is 13.7. The molecule has 1 aromatic heterocycles. The number of nitrogens with one attached hydrogen (secondary N) is 1. The van der Waals surface area contributed by atoms with Crippen LogP contribution >= 0.6 is 0 Å². The monoisotopic (exact) mass is 257 g/mol. The van der Waals surface area contributed by atoms with Gasteiger partial charge >= 0.3 is 0 Å². The zero-order chi connectivity index (χ0) is 13.5. The van der Waals surface area contributed by atoms with Gasteiger partial charge in [0.2, 0.25) is 0 Å². The van der Waals surface area contributed by atoms with Crippen LogP contribution in [0.15, 0.2) is 42.7 Å². The number of aromatic nitrogens is 2. The summed E-state index contributed by atoms with van der Waals surface area (Å²) < 4.78 is 1.83. The molecule has 102 valence electrons. The van der Waals surface area contributed by atoms with Crippen LogP contribution in [0, 0.1) is 0 Å². The third-order valence-corrected chi connectivity index (χ3v) is 3.34. The van der Waals surface area contributed by atoms with Crippen LogP contribution in [0.3, 0.4) is 0 Å². The van der Waals surface area contributed by atoms with Crippen LogP contribution < -0.4 is 5.32 Å². The van der Waals surface area contributed by atoms with Crippen molar-refractivity contribution in [3.63, 3.8) is 0 Å².